The number of amides is 1. The molecule has 102 valence electrons. The summed E-state index contributed by atoms with van der Waals surface area (Å²) in [5, 5.41) is 4.96. The van der Waals surface area contributed by atoms with E-state index in [4.69, 9.17) is 5.73 Å². The molecule has 1 saturated carbocycles. The van der Waals surface area contributed by atoms with E-state index >= 15 is 0 Å². The zero-order valence-electron chi connectivity index (χ0n) is 10.1. The highest BCUT2D eigenvalue weighted by molar-refractivity contribution is 9.10. The summed E-state index contributed by atoms with van der Waals surface area (Å²) in [6.45, 7) is 0.566. The minimum absolute atomic E-state index is 0. The summed E-state index contributed by atoms with van der Waals surface area (Å²) in [4.78, 5) is 13.2. The lowest BCUT2D eigenvalue weighted by Crippen LogP contribution is -2.54. The van der Waals surface area contributed by atoms with Gasteiger partial charge in [-0.25, -0.2) is 0 Å². The molecule has 0 spiro atoms. The summed E-state index contributed by atoms with van der Waals surface area (Å²) >= 11 is 5.09. The van der Waals surface area contributed by atoms with Crippen molar-refractivity contribution >= 4 is 45.6 Å². The Labute approximate surface area is 126 Å². The Kier molecular flexibility index (Phi) is 6.11. The van der Waals surface area contributed by atoms with Crippen molar-refractivity contribution in [1.82, 2.24) is 5.32 Å². The molecule has 0 saturated heterocycles. The maximum atomic E-state index is 12.1. The molecule has 0 bridgehead atoms. The molecule has 6 heteroatoms. The van der Waals surface area contributed by atoms with Crippen LogP contribution in [-0.4, -0.2) is 11.4 Å². The Bertz CT molecular complexity index is 405. The molecule has 1 aromatic heterocycles. The van der Waals surface area contributed by atoms with Crippen LogP contribution in [-0.2, 0) is 11.3 Å². The molecule has 1 aliphatic rings. The van der Waals surface area contributed by atoms with Gasteiger partial charge in [-0.2, -0.15) is 0 Å². The van der Waals surface area contributed by atoms with E-state index in [-0.39, 0.29) is 18.3 Å². The second-order valence-corrected chi connectivity index (χ2v) is 6.45. The first kappa shape index (κ1) is 16.0. The lowest BCUT2D eigenvalue weighted by Gasteiger charge is -2.31. The number of nitrogens with one attached hydrogen (secondary N) is 1. The SMILES string of the molecule is Cl.NC1(C(=O)NCc2sccc2Br)CCCCC1. The van der Waals surface area contributed by atoms with Gasteiger partial charge >= 0.3 is 0 Å². The third-order valence-electron chi connectivity index (χ3n) is 3.30. The minimum Gasteiger partial charge on any atom is -0.350 e. The Hall–Kier alpha value is -0.100. The van der Waals surface area contributed by atoms with Gasteiger partial charge in [-0.15, -0.1) is 23.7 Å². The molecule has 1 aliphatic carbocycles. The van der Waals surface area contributed by atoms with E-state index in [2.05, 4.69) is 21.2 Å². The van der Waals surface area contributed by atoms with Crippen molar-refractivity contribution in [3.8, 4) is 0 Å². The van der Waals surface area contributed by atoms with Crippen LogP contribution in [0.4, 0.5) is 0 Å². The average Bonchev–Trinajstić information content (AvgIpc) is 2.73. The molecule has 3 N–H and O–H groups in total. The number of carbonyl (C=O) groups is 1. The van der Waals surface area contributed by atoms with Crippen LogP contribution < -0.4 is 11.1 Å². The van der Waals surface area contributed by atoms with Crippen molar-refractivity contribution in [3.63, 3.8) is 0 Å². The maximum absolute atomic E-state index is 12.1. The Balaban J connectivity index is 0.00000162. The quantitative estimate of drug-likeness (QED) is 0.876. The molecule has 2 rings (SSSR count). The van der Waals surface area contributed by atoms with Gasteiger partial charge in [-0.1, -0.05) is 19.3 Å². The summed E-state index contributed by atoms with van der Waals surface area (Å²) in [7, 11) is 0. The van der Waals surface area contributed by atoms with E-state index in [1.165, 1.54) is 6.42 Å². The first-order valence-corrected chi connectivity index (χ1v) is 7.58. The monoisotopic (exact) mass is 352 g/mol. The van der Waals surface area contributed by atoms with Crippen LogP contribution in [0.5, 0.6) is 0 Å². The number of hydrogen-bond acceptors (Lipinski definition) is 3. The molecule has 1 amide bonds. The van der Waals surface area contributed by atoms with Crippen LogP contribution in [0.3, 0.4) is 0 Å². The van der Waals surface area contributed by atoms with Crippen molar-refractivity contribution in [1.29, 1.82) is 0 Å². The smallest absolute Gasteiger partial charge is 0.240 e. The van der Waals surface area contributed by atoms with Crippen molar-refractivity contribution < 1.29 is 4.79 Å². The molecule has 1 fully saturated rings. The van der Waals surface area contributed by atoms with Crippen LogP contribution in [0, 0.1) is 0 Å². The van der Waals surface area contributed by atoms with Crippen molar-refractivity contribution in [2.45, 2.75) is 44.2 Å². The largest absolute Gasteiger partial charge is 0.350 e. The Morgan fingerprint density at radius 1 is 1.44 bits per heavy atom. The third-order valence-corrected chi connectivity index (χ3v) is 5.22. The predicted molar refractivity (Wildman–Crippen MR) is 81.1 cm³/mol. The topological polar surface area (TPSA) is 55.1 Å². The molecule has 18 heavy (non-hydrogen) atoms. The van der Waals surface area contributed by atoms with Gasteiger partial charge < -0.3 is 11.1 Å². The number of thiophene rings is 1. The van der Waals surface area contributed by atoms with Gasteiger partial charge in [0.1, 0.15) is 0 Å². The molecular weight excluding hydrogens is 336 g/mol. The zero-order chi connectivity index (χ0) is 12.3. The van der Waals surface area contributed by atoms with Gasteiger partial charge in [0, 0.05) is 9.35 Å². The highest BCUT2D eigenvalue weighted by atomic mass is 79.9. The van der Waals surface area contributed by atoms with E-state index in [0.29, 0.717) is 6.54 Å². The number of rotatable bonds is 3. The van der Waals surface area contributed by atoms with Crippen LogP contribution in [0.25, 0.3) is 0 Å². The molecule has 0 unspecified atom stereocenters. The first-order chi connectivity index (χ1) is 8.12. The van der Waals surface area contributed by atoms with E-state index in [1.807, 2.05) is 11.4 Å². The normalized spacial score (nSPS) is 17.9. The predicted octanol–water partition coefficient (Wildman–Crippen LogP) is 3.21. The minimum atomic E-state index is -0.637. The highest BCUT2D eigenvalue weighted by Gasteiger charge is 2.34. The number of halogens is 2. The van der Waals surface area contributed by atoms with Crippen molar-refractivity contribution in [3.05, 3.63) is 20.8 Å². The van der Waals surface area contributed by atoms with Crippen LogP contribution in [0.1, 0.15) is 37.0 Å². The van der Waals surface area contributed by atoms with Gasteiger partial charge in [0.25, 0.3) is 0 Å². The Morgan fingerprint density at radius 2 is 2.11 bits per heavy atom. The zero-order valence-corrected chi connectivity index (χ0v) is 13.3. The Morgan fingerprint density at radius 3 is 2.67 bits per heavy atom. The van der Waals surface area contributed by atoms with Gasteiger partial charge in [0.15, 0.2) is 0 Å². The molecule has 0 aliphatic heterocycles. The maximum Gasteiger partial charge on any atom is 0.240 e. The van der Waals surface area contributed by atoms with Gasteiger partial charge in [0.05, 0.1) is 12.1 Å². The fourth-order valence-electron chi connectivity index (χ4n) is 2.20. The molecular formula is C12H18BrClN2OS. The van der Waals surface area contributed by atoms with E-state index in [1.54, 1.807) is 11.3 Å². The molecule has 0 aromatic carbocycles. The molecule has 0 radical (unpaired) electrons. The molecule has 3 nitrogen and oxygen atoms in total. The van der Waals surface area contributed by atoms with E-state index in [9.17, 15) is 4.79 Å². The number of nitrogens with two attached hydrogens (primary N) is 1. The molecule has 0 atom stereocenters. The van der Waals surface area contributed by atoms with Crippen LogP contribution in [0.2, 0.25) is 0 Å². The van der Waals surface area contributed by atoms with Crippen LogP contribution in [0.15, 0.2) is 15.9 Å². The molecule has 1 aromatic rings. The van der Waals surface area contributed by atoms with E-state index < -0.39 is 5.54 Å². The van der Waals surface area contributed by atoms with Crippen LogP contribution >= 0.6 is 39.7 Å². The summed E-state index contributed by atoms with van der Waals surface area (Å²) in [5.74, 6) is -0.00231. The summed E-state index contributed by atoms with van der Waals surface area (Å²) < 4.78 is 1.05. The highest BCUT2D eigenvalue weighted by Crippen LogP contribution is 2.27. The lowest BCUT2D eigenvalue weighted by molar-refractivity contribution is -0.127. The standard InChI is InChI=1S/C12H17BrN2OS.ClH/c13-9-4-7-17-10(9)8-15-11(16)12(14)5-2-1-3-6-12;/h4,7H,1-3,5-6,8,14H2,(H,15,16);1H. The second kappa shape index (κ2) is 6.89. The number of hydrogen-bond donors (Lipinski definition) is 2. The fraction of sp³-hybridized carbons (Fsp3) is 0.583. The summed E-state index contributed by atoms with van der Waals surface area (Å²) in [5.41, 5.74) is 5.52. The fourth-order valence-corrected chi connectivity index (χ4v) is 3.63. The van der Waals surface area contributed by atoms with Gasteiger partial charge in [-0.05, 0) is 40.2 Å². The van der Waals surface area contributed by atoms with Crippen molar-refractivity contribution in [2.75, 3.05) is 0 Å². The summed E-state index contributed by atoms with van der Waals surface area (Å²) in [6, 6.07) is 1.99. The van der Waals surface area contributed by atoms with E-state index in [0.717, 1.165) is 35.0 Å². The summed E-state index contributed by atoms with van der Waals surface area (Å²) in [6.07, 6.45) is 4.94. The number of carbonyl (C=O) groups excluding carboxylic acids is 1. The lowest BCUT2D eigenvalue weighted by atomic mass is 9.82. The van der Waals surface area contributed by atoms with Crippen molar-refractivity contribution in [2.24, 2.45) is 5.73 Å². The van der Waals surface area contributed by atoms with Gasteiger partial charge in [0.2, 0.25) is 5.91 Å². The average molecular weight is 354 g/mol. The van der Waals surface area contributed by atoms with Gasteiger partial charge in [-0.3, -0.25) is 4.79 Å². The first-order valence-electron chi connectivity index (χ1n) is 5.91. The second-order valence-electron chi connectivity index (χ2n) is 4.59. The third kappa shape index (κ3) is 3.70. The molecule has 1 heterocycles.